The normalized spacial score (nSPS) is 16.6. The lowest BCUT2D eigenvalue weighted by Gasteiger charge is -2.43. The Labute approximate surface area is 257 Å². The van der Waals surface area contributed by atoms with Crippen molar-refractivity contribution in [1.29, 1.82) is 0 Å². The number of rotatable bonds is 14. The van der Waals surface area contributed by atoms with Crippen molar-refractivity contribution in [3.05, 3.63) is 11.1 Å². The van der Waals surface area contributed by atoms with Gasteiger partial charge in [-0.1, -0.05) is 41.5 Å². The van der Waals surface area contributed by atoms with Gasteiger partial charge in [-0.25, -0.2) is 4.79 Å². The van der Waals surface area contributed by atoms with Crippen LogP contribution in [0.1, 0.15) is 117 Å². The third-order valence-electron chi connectivity index (χ3n) is 8.45. The minimum Gasteiger partial charge on any atom is -0.458 e. The number of ether oxygens (including phenoxy) is 2. The van der Waals surface area contributed by atoms with Crippen molar-refractivity contribution in [2.45, 2.75) is 159 Å². The Hall–Kier alpha value is -2.00. The van der Waals surface area contributed by atoms with Crippen LogP contribution in [0.3, 0.4) is 0 Å². The zero-order valence-corrected chi connectivity index (χ0v) is 30.7. The van der Waals surface area contributed by atoms with E-state index in [4.69, 9.17) is 13.9 Å². The van der Waals surface area contributed by atoms with Crippen molar-refractivity contribution in [3.63, 3.8) is 0 Å². The molecule has 0 aliphatic carbocycles. The zero-order chi connectivity index (χ0) is 33.6. The molecule has 42 heavy (non-hydrogen) atoms. The van der Waals surface area contributed by atoms with Gasteiger partial charge in [0.15, 0.2) is 8.32 Å². The van der Waals surface area contributed by atoms with Gasteiger partial charge in [0.05, 0.1) is 17.4 Å². The monoisotopic (exact) mass is 611 g/mol. The summed E-state index contributed by atoms with van der Waals surface area (Å²) in [7, 11) is -2.18. The molecule has 1 amide bonds. The lowest BCUT2D eigenvalue weighted by Crippen LogP contribution is -2.51. The van der Waals surface area contributed by atoms with Crippen LogP contribution in [0, 0.1) is 17.3 Å². The molecule has 8 nitrogen and oxygen atoms in total. The molecule has 0 aliphatic rings. The smallest absolute Gasteiger partial charge is 0.407 e. The van der Waals surface area contributed by atoms with Crippen molar-refractivity contribution in [1.82, 2.24) is 5.32 Å². The maximum absolute atomic E-state index is 13.6. The Bertz CT molecular complexity index is 999. The number of carbonyl (C=O) groups is 4. The maximum Gasteiger partial charge on any atom is 0.407 e. The zero-order valence-electron chi connectivity index (χ0n) is 29.7. The van der Waals surface area contributed by atoms with Crippen LogP contribution in [0.2, 0.25) is 18.1 Å². The second kappa shape index (κ2) is 15.1. The van der Waals surface area contributed by atoms with E-state index in [0.29, 0.717) is 18.4 Å². The average Bonchev–Trinajstić information content (AvgIpc) is 2.81. The maximum atomic E-state index is 13.6. The van der Waals surface area contributed by atoms with Crippen LogP contribution in [0.5, 0.6) is 0 Å². The first-order valence-electron chi connectivity index (χ1n) is 15.3. The third kappa shape index (κ3) is 11.6. The van der Waals surface area contributed by atoms with Gasteiger partial charge in [-0.3, -0.25) is 14.4 Å². The molecule has 0 heterocycles. The number of alkyl carbamates (subject to hydrolysis) is 1. The molecule has 0 aromatic heterocycles. The quantitative estimate of drug-likeness (QED) is 0.0924. The van der Waals surface area contributed by atoms with Gasteiger partial charge in [-0.2, -0.15) is 0 Å². The number of allylic oxidation sites excluding steroid dienone is 1. The van der Waals surface area contributed by atoms with Gasteiger partial charge in [0, 0.05) is 11.6 Å². The van der Waals surface area contributed by atoms with E-state index in [1.165, 1.54) is 0 Å². The summed E-state index contributed by atoms with van der Waals surface area (Å²) in [4.78, 5) is 52.7. The molecule has 0 saturated heterocycles. The highest BCUT2D eigenvalue weighted by Crippen LogP contribution is 2.41. The van der Waals surface area contributed by atoms with Crippen molar-refractivity contribution in [2.75, 3.05) is 0 Å². The Balaban J connectivity index is 5.84. The van der Waals surface area contributed by atoms with E-state index in [9.17, 15) is 19.2 Å². The van der Waals surface area contributed by atoms with E-state index < -0.39 is 67.1 Å². The molecule has 4 atom stereocenters. The molecule has 244 valence electrons. The summed E-state index contributed by atoms with van der Waals surface area (Å²) in [5.41, 5.74) is -0.941. The molecule has 0 aliphatic heterocycles. The summed E-state index contributed by atoms with van der Waals surface area (Å²) in [5.74, 6) is -2.08. The summed E-state index contributed by atoms with van der Waals surface area (Å²) in [6, 6.07) is -0.499. The molecular formula is C33H61NO7Si. The minimum absolute atomic E-state index is 0.0387. The predicted octanol–water partition coefficient (Wildman–Crippen LogP) is 7.79. The number of carbonyl (C=O) groups excluding carboxylic acids is 4. The van der Waals surface area contributed by atoms with E-state index in [0.717, 1.165) is 0 Å². The van der Waals surface area contributed by atoms with Crippen molar-refractivity contribution in [2.24, 2.45) is 17.3 Å². The lowest BCUT2D eigenvalue weighted by molar-refractivity contribution is -0.152. The molecule has 0 rings (SSSR count). The summed E-state index contributed by atoms with van der Waals surface area (Å²) in [6.45, 7) is 32.2. The van der Waals surface area contributed by atoms with Crippen LogP contribution in [0.25, 0.3) is 0 Å². The third-order valence-corrected chi connectivity index (χ3v) is 12.9. The van der Waals surface area contributed by atoms with Crippen molar-refractivity contribution >= 4 is 31.9 Å². The van der Waals surface area contributed by atoms with Gasteiger partial charge in [-0.15, -0.1) is 0 Å². The van der Waals surface area contributed by atoms with Gasteiger partial charge in [0.25, 0.3) is 0 Å². The highest BCUT2D eigenvalue weighted by molar-refractivity contribution is 6.74. The molecule has 0 radical (unpaired) electrons. The number of ketones is 2. The number of hydrogen-bond acceptors (Lipinski definition) is 7. The summed E-state index contributed by atoms with van der Waals surface area (Å²) < 4.78 is 17.7. The second-order valence-electron chi connectivity index (χ2n) is 15.2. The Morgan fingerprint density at radius 3 is 1.76 bits per heavy atom. The lowest BCUT2D eigenvalue weighted by atomic mass is 9.77. The number of esters is 1. The first-order valence-corrected chi connectivity index (χ1v) is 18.2. The van der Waals surface area contributed by atoms with Gasteiger partial charge in [0.2, 0.25) is 11.6 Å². The van der Waals surface area contributed by atoms with E-state index >= 15 is 0 Å². The first kappa shape index (κ1) is 40.0. The Kier molecular flexibility index (Phi) is 14.4. The van der Waals surface area contributed by atoms with Gasteiger partial charge in [0.1, 0.15) is 11.7 Å². The minimum atomic E-state index is -2.18. The molecular weight excluding hydrogens is 550 g/mol. The van der Waals surface area contributed by atoms with Crippen LogP contribution < -0.4 is 5.32 Å². The van der Waals surface area contributed by atoms with Gasteiger partial charge >= 0.3 is 12.1 Å². The molecule has 0 aromatic rings. The molecule has 1 N–H and O–H groups in total. The van der Waals surface area contributed by atoms with Crippen molar-refractivity contribution in [3.8, 4) is 0 Å². The second-order valence-corrected chi connectivity index (χ2v) is 20.0. The molecule has 0 fully saturated rings. The molecule has 1 unspecified atom stereocenters. The topological polar surface area (TPSA) is 108 Å². The van der Waals surface area contributed by atoms with Crippen LogP contribution >= 0.6 is 0 Å². The molecule has 9 heteroatoms. The van der Waals surface area contributed by atoms with Crippen molar-refractivity contribution < 1.29 is 33.1 Å². The SMILES string of the molecule is CC[C@H](O[Si](C)(C)C(C)(C)C)C(C)(C)C(=O)C(=O)/C(C)=C(\C)[C@H](C)OC(=O)C(C)[C@H](CC(C)C)NC(=O)OC(C)(C)C. The van der Waals surface area contributed by atoms with E-state index in [-0.39, 0.29) is 16.5 Å². The standard InChI is InChI=1S/C33H61NO7Si/c1-18-26(41-42(16,17)32(11,12)13)33(14,15)28(36)27(35)22(5)21(4)24(7)39-29(37)23(6)25(19-20(2)3)34-30(38)40-31(8,9)10/h20,23-26H,18-19H2,1-17H3,(H,34,38)/b22-21+/t23?,24-,25-,26-/m0/s1. The summed E-state index contributed by atoms with van der Waals surface area (Å²) >= 11 is 0. The molecule has 0 aromatic carbocycles. The van der Waals surface area contributed by atoms with Crippen LogP contribution in [0.4, 0.5) is 4.79 Å². The largest absolute Gasteiger partial charge is 0.458 e. The van der Waals surface area contributed by atoms with Gasteiger partial charge < -0.3 is 19.2 Å². The molecule has 0 spiro atoms. The molecule has 0 saturated carbocycles. The van der Waals surface area contributed by atoms with Crippen LogP contribution in [-0.4, -0.2) is 55.8 Å². The fourth-order valence-electron chi connectivity index (χ4n) is 4.26. The summed E-state index contributed by atoms with van der Waals surface area (Å²) in [5, 5.41) is 2.78. The van der Waals surface area contributed by atoms with E-state index in [1.807, 2.05) is 20.8 Å². The van der Waals surface area contributed by atoms with Gasteiger partial charge in [-0.05, 0) is 105 Å². The summed E-state index contributed by atoms with van der Waals surface area (Å²) in [6.07, 6.45) is -0.598. The number of amides is 1. The molecule has 0 bridgehead atoms. The highest BCUT2D eigenvalue weighted by atomic mass is 28.4. The number of Topliss-reactive ketones (excluding diaryl/α,β-unsaturated/α-hetero) is 2. The van der Waals surface area contributed by atoms with E-state index in [1.54, 1.807) is 62.3 Å². The van der Waals surface area contributed by atoms with E-state index in [2.05, 4.69) is 39.2 Å². The number of hydrogen-bond donors (Lipinski definition) is 1. The average molecular weight is 612 g/mol. The Morgan fingerprint density at radius 1 is 0.857 bits per heavy atom. The highest BCUT2D eigenvalue weighted by Gasteiger charge is 2.46. The fraction of sp³-hybridized carbons (Fsp3) is 0.818. The fourth-order valence-corrected chi connectivity index (χ4v) is 5.78. The van der Waals surface area contributed by atoms with Crippen LogP contribution in [0.15, 0.2) is 11.1 Å². The predicted molar refractivity (Wildman–Crippen MR) is 172 cm³/mol. The van der Waals surface area contributed by atoms with Crippen LogP contribution in [-0.2, 0) is 28.3 Å². The first-order chi connectivity index (χ1) is 18.7. The number of nitrogens with one attached hydrogen (secondary N) is 1. The Morgan fingerprint density at radius 2 is 1.36 bits per heavy atom.